The maximum atomic E-state index is 12.0. The van der Waals surface area contributed by atoms with E-state index in [0.29, 0.717) is 23.3 Å². The molecule has 1 unspecified atom stereocenters. The van der Waals surface area contributed by atoms with Crippen LogP contribution in [-0.2, 0) is 17.6 Å². The Labute approximate surface area is 121 Å². The van der Waals surface area contributed by atoms with Gasteiger partial charge in [0.15, 0.2) is 6.10 Å². The molecule has 2 aromatic rings. The molecule has 1 aliphatic carbocycles. The van der Waals surface area contributed by atoms with Crippen LogP contribution in [0.1, 0.15) is 30.0 Å². The predicted octanol–water partition coefficient (Wildman–Crippen LogP) is 2.44. The largest absolute Gasteiger partial charge is 0.479 e. The van der Waals surface area contributed by atoms with Gasteiger partial charge in [0.25, 0.3) is 0 Å². The SMILES string of the molecule is Cc1cc(OC(C)C(=O)O)c2c3c(c(=O)oc2c1)CCC3. The summed E-state index contributed by atoms with van der Waals surface area (Å²) in [5.74, 6) is -0.555. The van der Waals surface area contributed by atoms with Crippen molar-refractivity contribution in [3.8, 4) is 5.75 Å². The van der Waals surface area contributed by atoms with E-state index in [4.69, 9.17) is 14.3 Å². The first kappa shape index (κ1) is 13.7. The minimum Gasteiger partial charge on any atom is -0.479 e. The molecule has 5 heteroatoms. The van der Waals surface area contributed by atoms with Gasteiger partial charge >= 0.3 is 11.6 Å². The number of carbonyl (C=O) groups is 1. The Balaban J connectivity index is 2.26. The number of rotatable bonds is 3. The monoisotopic (exact) mass is 288 g/mol. The minimum atomic E-state index is -1.03. The molecule has 0 aliphatic heterocycles. The molecule has 0 fully saturated rings. The molecule has 110 valence electrons. The second-order valence-electron chi connectivity index (χ2n) is 5.43. The van der Waals surface area contributed by atoms with Crippen LogP contribution in [0.2, 0.25) is 0 Å². The quantitative estimate of drug-likeness (QED) is 0.878. The molecule has 1 heterocycles. The van der Waals surface area contributed by atoms with Gasteiger partial charge in [-0.1, -0.05) is 0 Å². The Bertz CT molecular complexity index is 787. The fraction of sp³-hybridized carbons (Fsp3) is 0.375. The Morgan fingerprint density at radius 1 is 1.33 bits per heavy atom. The van der Waals surface area contributed by atoms with Crippen LogP contribution >= 0.6 is 0 Å². The van der Waals surface area contributed by atoms with Gasteiger partial charge in [-0.05, 0) is 56.4 Å². The van der Waals surface area contributed by atoms with Crippen molar-refractivity contribution in [3.05, 3.63) is 39.2 Å². The Morgan fingerprint density at radius 2 is 2.05 bits per heavy atom. The maximum Gasteiger partial charge on any atom is 0.344 e. The number of carboxylic acids is 1. The summed E-state index contributed by atoms with van der Waals surface area (Å²) >= 11 is 0. The van der Waals surface area contributed by atoms with Gasteiger partial charge < -0.3 is 14.3 Å². The van der Waals surface area contributed by atoms with Crippen LogP contribution in [-0.4, -0.2) is 17.2 Å². The molecule has 0 saturated heterocycles. The molecular weight excluding hydrogens is 272 g/mol. The third-order valence-corrected chi connectivity index (χ3v) is 3.83. The molecule has 0 saturated carbocycles. The summed E-state index contributed by atoms with van der Waals surface area (Å²) in [6.07, 6.45) is 1.44. The van der Waals surface area contributed by atoms with E-state index < -0.39 is 12.1 Å². The third-order valence-electron chi connectivity index (χ3n) is 3.83. The lowest BCUT2D eigenvalue weighted by Crippen LogP contribution is -2.23. The number of fused-ring (bicyclic) bond motifs is 3. The van der Waals surface area contributed by atoms with Crippen LogP contribution in [0.5, 0.6) is 5.75 Å². The summed E-state index contributed by atoms with van der Waals surface area (Å²) in [7, 11) is 0. The van der Waals surface area contributed by atoms with Gasteiger partial charge in [-0.15, -0.1) is 0 Å². The number of aryl methyl sites for hydroxylation is 2. The Morgan fingerprint density at radius 3 is 2.76 bits per heavy atom. The average Bonchev–Trinajstić information content (AvgIpc) is 2.87. The van der Waals surface area contributed by atoms with Crippen molar-refractivity contribution in [1.82, 2.24) is 0 Å². The summed E-state index contributed by atoms with van der Waals surface area (Å²) in [5.41, 5.74) is 2.66. The molecule has 3 rings (SSSR count). The van der Waals surface area contributed by atoms with E-state index >= 15 is 0 Å². The van der Waals surface area contributed by atoms with Crippen molar-refractivity contribution in [3.63, 3.8) is 0 Å². The molecule has 0 spiro atoms. The van der Waals surface area contributed by atoms with E-state index in [-0.39, 0.29) is 5.63 Å². The highest BCUT2D eigenvalue weighted by Gasteiger charge is 2.24. The molecular formula is C16H16O5. The number of aliphatic carboxylic acids is 1. The summed E-state index contributed by atoms with van der Waals surface area (Å²) in [5, 5.41) is 9.76. The molecule has 5 nitrogen and oxygen atoms in total. The fourth-order valence-electron chi connectivity index (χ4n) is 2.84. The third kappa shape index (κ3) is 2.28. The van der Waals surface area contributed by atoms with Crippen LogP contribution in [0.15, 0.2) is 21.3 Å². The second-order valence-corrected chi connectivity index (χ2v) is 5.43. The molecule has 1 N–H and O–H groups in total. The normalized spacial score (nSPS) is 15.0. The molecule has 1 atom stereocenters. The van der Waals surface area contributed by atoms with E-state index in [1.807, 2.05) is 6.92 Å². The number of hydrogen-bond donors (Lipinski definition) is 1. The van der Waals surface area contributed by atoms with E-state index in [0.717, 1.165) is 29.4 Å². The van der Waals surface area contributed by atoms with Gasteiger partial charge in [0.2, 0.25) is 0 Å². The zero-order valence-corrected chi connectivity index (χ0v) is 11.9. The van der Waals surface area contributed by atoms with E-state index in [2.05, 4.69) is 0 Å². The smallest absolute Gasteiger partial charge is 0.344 e. The van der Waals surface area contributed by atoms with Crippen LogP contribution in [0.3, 0.4) is 0 Å². The number of hydrogen-bond acceptors (Lipinski definition) is 4. The average molecular weight is 288 g/mol. The van der Waals surface area contributed by atoms with Crippen LogP contribution < -0.4 is 10.4 Å². The minimum absolute atomic E-state index is 0.294. The summed E-state index contributed by atoms with van der Waals surface area (Å²) in [6.45, 7) is 3.33. The second kappa shape index (κ2) is 4.91. The maximum absolute atomic E-state index is 12.0. The zero-order chi connectivity index (χ0) is 15.1. The van der Waals surface area contributed by atoms with Gasteiger partial charge in [-0.25, -0.2) is 9.59 Å². The number of carboxylic acid groups (broad SMARTS) is 1. The first-order chi connectivity index (χ1) is 9.97. The molecule has 1 aliphatic rings. The number of benzene rings is 1. The fourth-order valence-corrected chi connectivity index (χ4v) is 2.84. The Hall–Kier alpha value is -2.30. The van der Waals surface area contributed by atoms with Crippen molar-refractivity contribution in [1.29, 1.82) is 0 Å². The lowest BCUT2D eigenvalue weighted by atomic mass is 10.0. The predicted molar refractivity (Wildman–Crippen MR) is 77.0 cm³/mol. The zero-order valence-electron chi connectivity index (χ0n) is 11.9. The lowest BCUT2D eigenvalue weighted by molar-refractivity contribution is -0.144. The van der Waals surface area contributed by atoms with Gasteiger partial charge in [0, 0.05) is 5.56 Å². The van der Waals surface area contributed by atoms with E-state index in [1.54, 1.807) is 12.1 Å². The summed E-state index contributed by atoms with van der Waals surface area (Å²) in [6, 6.07) is 3.58. The molecule has 21 heavy (non-hydrogen) atoms. The highest BCUT2D eigenvalue weighted by atomic mass is 16.5. The topological polar surface area (TPSA) is 76.7 Å². The van der Waals surface area contributed by atoms with Crippen LogP contribution in [0, 0.1) is 6.92 Å². The molecule has 0 amide bonds. The number of ether oxygens (including phenoxy) is 1. The van der Waals surface area contributed by atoms with E-state index in [1.165, 1.54) is 6.92 Å². The van der Waals surface area contributed by atoms with Crippen molar-refractivity contribution in [2.24, 2.45) is 0 Å². The molecule has 0 radical (unpaired) electrons. The molecule has 1 aromatic heterocycles. The van der Waals surface area contributed by atoms with Gasteiger partial charge in [-0.3, -0.25) is 0 Å². The Kier molecular flexibility index (Phi) is 3.20. The first-order valence-electron chi connectivity index (χ1n) is 6.96. The highest BCUT2D eigenvalue weighted by molar-refractivity contribution is 5.89. The van der Waals surface area contributed by atoms with Crippen molar-refractivity contribution < 1.29 is 19.1 Å². The van der Waals surface area contributed by atoms with Crippen molar-refractivity contribution in [2.45, 2.75) is 39.2 Å². The molecule has 0 bridgehead atoms. The highest BCUT2D eigenvalue weighted by Crippen LogP contribution is 2.35. The van der Waals surface area contributed by atoms with Gasteiger partial charge in [0.05, 0.1) is 5.39 Å². The summed E-state index contributed by atoms with van der Waals surface area (Å²) < 4.78 is 11.0. The van der Waals surface area contributed by atoms with Crippen molar-refractivity contribution >= 4 is 16.9 Å². The molecule has 1 aromatic carbocycles. The van der Waals surface area contributed by atoms with Gasteiger partial charge in [0.1, 0.15) is 11.3 Å². The standard InChI is InChI=1S/C16H16O5/c1-8-6-12(20-9(2)15(17)18)14-10-4-3-5-11(10)16(19)21-13(14)7-8/h6-7,9H,3-5H2,1-2H3,(H,17,18). The van der Waals surface area contributed by atoms with Crippen LogP contribution in [0.4, 0.5) is 0 Å². The lowest BCUT2D eigenvalue weighted by Gasteiger charge is -2.15. The van der Waals surface area contributed by atoms with Crippen LogP contribution in [0.25, 0.3) is 11.0 Å². The van der Waals surface area contributed by atoms with Gasteiger partial charge in [-0.2, -0.15) is 0 Å². The first-order valence-corrected chi connectivity index (χ1v) is 6.96. The van der Waals surface area contributed by atoms with E-state index in [9.17, 15) is 9.59 Å². The summed E-state index contributed by atoms with van der Waals surface area (Å²) in [4.78, 5) is 23.0. The van der Waals surface area contributed by atoms with Crippen molar-refractivity contribution in [2.75, 3.05) is 0 Å².